The molecule has 146 valence electrons. The molecule has 3 heterocycles. The Morgan fingerprint density at radius 2 is 2.08 bits per heavy atom. The van der Waals surface area contributed by atoms with Crippen molar-refractivity contribution < 1.29 is 4.52 Å². The predicted octanol–water partition coefficient (Wildman–Crippen LogP) is 1.55. The van der Waals surface area contributed by atoms with Crippen LogP contribution in [0.25, 0.3) is 0 Å². The third kappa shape index (κ3) is 4.98. The molecule has 1 atom stereocenters. The van der Waals surface area contributed by atoms with Crippen LogP contribution < -0.4 is 5.32 Å². The molecule has 1 aromatic rings. The van der Waals surface area contributed by atoms with Crippen LogP contribution in [0.5, 0.6) is 0 Å². The Morgan fingerprint density at radius 1 is 1.27 bits per heavy atom. The van der Waals surface area contributed by atoms with Crippen molar-refractivity contribution in [2.45, 2.75) is 45.7 Å². The van der Waals surface area contributed by atoms with Gasteiger partial charge in [-0.15, -0.1) is 0 Å². The molecule has 1 unspecified atom stereocenters. The SMILES string of the molecule is CCN1CCCCC1CNC(=NC)N1CCN(Cc2cc(C)on2)CC1. The third-order valence-electron chi connectivity index (χ3n) is 5.60. The van der Waals surface area contributed by atoms with Gasteiger partial charge < -0.3 is 14.7 Å². The molecule has 0 spiro atoms. The summed E-state index contributed by atoms with van der Waals surface area (Å²) in [4.78, 5) is 11.9. The minimum absolute atomic E-state index is 0.641. The highest BCUT2D eigenvalue weighted by Crippen LogP contribution is 2.16. The summed E-state index contributed by atoms with van der Waals surface area (Å²) in [6, 6.07) is 2.67. The minimum atomic E-state index is 0.641. The molecular weight excluding hydrogens is 328 g/mol. The monoisotopic (exact) mass is 362 g/mol. The van der Waals surface area contributed by atoms with Crippen LogP contribution in [-0.2, 0) is 6.54 Å². The Labute approximate surface area is 157 Å². The molecule has 2 fully saturated rings. The van der Waals surface area contributed by atoms with Crippen LogP contribution in [0.1, 0.15) is 37.6 Å². The molecule has 0 radical (unpaired) electrons. The van der Waals surface area contributed by atoms with Crippen LogP contribution in [0.4, 0.5) is 0 Å². The number of guanidine groups is 1. The average molecular weight is 363 g/mol. The van der Waals surface area contributed by atoms with E-state index in [1.165, 1.54) is 25.8 Å². The molecule has 0 bridgehead atoms. The second-order valence-corrected chi connectivity index (χ2v) is 7.40. The van der Waals surface area contributed by atoms with E-state index in [1.54, 1.807) is 0 Å². The molecule has 0 aliphatic carbocycles. The molecule has 2 aliphatic rings. The van der Waals surface area contributed by atoms with Crippen molar-refractivity contribution in [3.63, 3.8) is 0 Å². The van der Waals surface area contributed by atoms with Crippen LogP contribution in [0.2, 0.25) is 0 Å². The van der Waals surface area contributed by atoms with Crippen LogP contribution in [0, 0.1) is 6.92 Å². The van der Waals surface area contributed by atoms with E-state index < -0.39 is 0 Å². The highest BCUT2D eigenvalue weighted by Gasteiger charge is 2.24. The standard InChI is InChI=1S/C19H34N6O/c1-4-24-8-6-5-7-18(24)14-21-19(20-3)25-11-9-23(10-12-25)15-17-13-16(2)26-22-17/h13,18H,4-12,14-15H2,1-3H3,(H,20,21). The second kappa shape index (κ2) is 9.37. The van der Waals surface area contributed by atoms with Crippen molar-refractivity contribution in [1.82, 2.24) is 25.2 Å². The van der Waals surface area contributed by atoms with Crippen molar-refractivity contribution in [1.29, 1.82) is 0 Å². The summed E-state index contributed by atoms with van der Waals surface area (Å²) in [7, 11) is 1.89. The average Bonchev–Trinajstić information content (AvgIpc) is 3.08. The van der Waals surface area contributed by atoms with Crippen molar-refractivity contribution >= 4 is 5.96 Å². The van der Waals surface area contributed by atoms with E-state index in [-0.39, 0.29) is 0 Å². The van der Waals surface area contributed by atoms with Crippen molar-refractivity contribution in [3.05, 3.63) is 17.5 Å². The van der Waals surface area contributed by atoms with Gasteiger partial charge in [0.25, 0.3) is 0 Å². The van der Waals surface area contributed by atoms with E-state index in [0.717, 1.165) is 63.2 Å². The predicted molar refractivity (Wildman–Crippen MR) is 104 cm³/mol. The molecule has 0 saturated carbocycles. The fraction of sp³-hybridized carbons (Fsp3) is 0.789. The zero-order chi connectivity index (χ0) is 18.4. The molecule has 2 saturated heterocycles. The molecule has 0 amide bonds. The molecule has 7 heteroatoms. The van der Waals surface area contributed by atoms with Crippen LogP contribution in [0.15, 0.2) is 15.6 Å². The summed E-state index contributed by atoms with van der Waals surface area (Å²) in [5.74, 6) is 1.93. The number of hydrogen-bond acceptors (Lipinski definition) is 5. The number of aliphatic imine (C=N–C) groups is 1. The Balaban J connectivity index is 1.44. The zero-order valence-corrected chi connectivity index (χ0v) is 16.6. The van der Waals surface area contributed by atoms with Crippen molar-refractivity contribution in [2.24, 2.45) is 4.99 Å². The lowest BCUT2D eigenvalue weighted by Gasteiger charge is -2.38. The smallest absolute Gasteiger partial charge is 0.193 e. The number of nitrogens with zero attached hydrogens (tertiary/aromatic N) is 5. The molecular formula is C19H34N6O. The van der Waals surface area contributed by atoms with Gasteiger partial charge in [-0.1, -0.05) is 18.5 Å². The molecule has 1 N–H and O–H groups in total. The van der Waals surface area contributed by atoms with E-state index in [2.05, 4.69) is 37.1 Å². The number of rotatable bonds is 5. The number of nitrogens with one attached hydrogen (secondary N) is 1. The fourth-order valence-electron chi connectivity index (χ4n) is 4.09. The lowest BCUT2D eigenvalue weighted by atomic mass is 10.0. The van der Waals surface area contributed by atoms with E-state index in [4.69, 9.17) is 4.52 Å². The maximum absolute atomic E-state index is 5.17. The number of piperazine rings is 1. The van der Waals surface area contributed by atoms with Gasteiger partial charge in [-0.25, -0.2) is 0 Å². The van der Waals surface area contributed by atoms with E-state index in [0.29, 0.717) is 6.04 Å². The van der Waals surface area contributed by atoms with Gasteiger partial charge in [-0.2, -0.15) is 0 Å². The van der Waals surface area contributed by atoms with Gasteiger partial charge in [-0.05, 0) is 32.9 Å². The van der Waals surface area contributed by atoms with Gasteiger partial charge in [0.05, 0.1) is 5.69 Å². The van der Waals surface area contributed by atoms with Crippen molar-refractivity contribution in [3.8, 4) is 0 Å². The topological polar surface area (TPSA) is 60.1 Å². The maximum atomic E-state index is 5.17. The van der Waals surface area contributed by atoms with Gasteiger partial charge in [0.2, 0.25) is 0 Å². The van der Waals surface area contributed by atoms with Gasteiger partial charge in [-0.3, -0.25) is 14.8 Å². The Morgan fingerprint density at radius 3 is 2.73 bits per heavy atom. The Hall–Kier alpha value is -1.60. The summed E-state index contributed by atoms with van der Waals surface area (Å²) in [5.41, 5.74) is 1.02. The normalized spacial score (nSPS) is 23.4. The van der Waals surface area contributed by atoms with Gasteiger partial charge in [0.15, 0.2) is 5.96 Å². The first-order valence-corrected chi connectivity index (χ1v) is 10.0. The molecule has 7 nitrogen and oxygen atoms in total. The number of likely N-dealkylation sites (N-methyl/N-ethyl adjacent to an activating group) is 1. The molecule has 26 heavy (non-hydrogen) atoms. The van der Waals surface area contributed by atoms with Gasteiger partial charge >= 0.3 is 0 Å². The quantitative estimate of drug-likeness (QED) is 0.633. The molecule has 3 rings (SSSR count). The largest absolute Gasteiger partial charge is 0.361 e. The summed E-state index contributed by atoms with van der Waals surface area (Å²) < 4.78 is 5.17. The maximum Gasteiger partial charge on any atom is 0.193 e. The summed E-state index contributed by atoms with van der Waals surface area (Å²) in [5, 5.41) is 7.73. The highest BCUT2D eigenvalue weighted by atomic mass is 16.5. The second-order valence-electron chi connectivity index (χ2n) is 7.40. The summed E-state index contributed by atoms with van der Waals surface area (Å²) >= 11 is 0. The lowest BCUT2D eigenvalue weighted by molar-refractivity contribution is 0.151. The summed E-state index contributed by atoms with van der Waals surface area (Å²) in [6.07, 6.45) is 3.98. The molecule has 0 aromatic carbocycles. The number of piperidine rings is 1. The van der Waals surface area contributed by atoms with Crippen LogP contribution >= 0.6 is 0 Å². The van der Waals surface area contributed by atoms with E-state index >= 15 is 0 Å². The molecule has 1 aromatic heterocycles. The first-order valence-electron chi connectivity index (χ1n) is 10.0. The third-order valence-corrected chi connectivity index (χ3v) is 5.60. The fourth-order valence-corrected chi connectivity index (χ4v) is 4.09. The van der Waals surface area contributed by atoms with Crippen LogP contribution in [-0.4, -0.2) is 84.7 Å². The Kier molecular flexibility index (Phi) is 6.91. The molecule has 2 aliphatic heterocycles. The first kappa shape index (κ1) is 19.2. The zero-order valence-electron chi connectivity index (χ0n) is 16.6. The number of likely N-dealkylation sites (tertiary alicyclic amines) is 1. The highest BCUT2D eigenvalue weighted by molar-refractivity contribution is 5.80. The van der Waals surface area contributed by atoms with Gasteiger partial charge in [0.1, 0.15) is 5.76 Å². The van der Waals surface area contributed by atoms with E-state index in [1.807, 2.05) is 20.0 Å². The lowest BCUT2D eigenvalue weighted by Crippen LogP contribution is -2.54. The minimum Gasteiger partial charge on any atom is -0.361 e. The van der Waals surface area contributed by atoms with Crippen LogP contribution in [0.3, 0.4) is 0 Å². The number of hydrogen-bond donors (Lipinski definition) is 1. The number of aryl methyl sites for hydroxylation is 1. The number of aromatic nitrogens is 1. The first-order chi connectivity index (χ1) is 12.7. The summed E-state index contributed by atoms with van der Waals surface area (Å²) in [6.45, 7) is 12.5. The Bertz CT molecular complexity index is 578. The van der Waals surface area contributed by atoms with Gasteiger partial charge in [0, 0.05) is 58.4 Å². The van der Waals surface area contributed by atoms with Crippen molar-refractivity contribution in [2.75, 3.05) is 52.9 Å². The van der Waals surface area contributed by atoms with E-state index in [9.17, 15) is 0 Å².